The molecule has 0 heterocycles. The second kappa shape index (κ2) is 8.80. The van der Waals surface area contributed by atoms with E-state index < -0.39 is 11.2 Å². The number of aliphatic carboxylic acids is 1. The average Bonchev–Trinajstić information content (AvgIpc) is 2.39. The second-order valence-corrected chi connectivity index (χ2v) is 4.98. The van der Waals surface area contributed by atoms with E-state index in [4.69, 9.17) is 9.84 Å². The first-order valence-electron chi connectivity index (χ1n) is 6.39. The Hall–Kier alpha value is -1.23. The van der Waals surface area contributed by atoms with Crippen molar-refractivity contribution in [2.75, 3.05) is 6.61 Å². The Bertz CT molecular complexity index is 381. The van der Waals surface area contributed by atoms with E-state index in [0.29, 0.717) is 18.8 Å². The maximum absolute atomic E-state index is 12.6. The van der Waals surface area contributed by atoms with E-state index in [-0.39, 0.29) is 5.82 Å². The van der Waals surface area contributed by atoms with Gasteiger partial charge in [0.05, 0.1) is 11.9 Å². The number of benzene rings is 1. The molecule has 0 aliphatic carbocycles. The Morgan fingerprint density at radius 3 is 2.47 bits per heavy atom. The van der Waals surface area contributed by atoms with Crippen LogP contribution < -0.4 is 4.74 Å². The highest BCUT2D eigenvalue weighted by Crippen LogP contribution is 2.13. The lowest BCUT2D eigenvalue weighted by Crippen LogP contribution is -2.12. The lowest BCUT2D eigenvalue weighted by Gasteiger charge is -2.07. The minimum atomic E-state index is -0.858. The lowest BCUT2D eigenvalue weighted by atomic mass is 10.1. The smallest absolute Gasteiger partial charge is 0.316 e. The molecule has 1 unspecified atom stereocenters. The molecule has 1 N–H and O–H groups in total. The van der Waals surface area contributed by atoms with Crippen molar-refractivity contribution in [3.63, 3.8) is 0 Å². The van der Waals surface area contributed by atoms with Crippen molar-refractivity contribution in [2.24, 2.45) is 0 Å². The van der Waals surface area contributed by atoms with Gasteiger partial charge in [0, 0.05) is 0 Å². The van der Waals surface area contributed by atoms with Crippen LogP contribution in [0.2, 0.25) is 0 Å². The minimum absolute atomic E-state index is 0.271. The first kappa shape index (κ1) is 15.8. The molecule has 0 aliphatic heterocycles. The number of thiol groups is 1. The summed E-state index contributed by atoms with van der Waals surface area (Å²) in [5.41, 5.74) is 0. The zero-order chi connectivity index (χ0) is 14.1. The summed E-state index contributed by atoms with van der Waals surface area (Å²) in [6.07, 6.45) is 4.31. The van der Waals surface area contributed by atoms with Crippen molar-refractivity contribution in [1.29, 1.82) is 0 Å². The van der Waals surface area contributed by atoms with Gasteiger partial charge in [-0.3, -0.25) is 4.79 Å². The van der Waals surface area contributed by atoms with Gasteiger partial charge in [0.15, 0.2) is 0 Å². The third-order valence-electron chi connectivity index (χ3n) is 2.74. The van der Waals surface area contributed by atoms with Gasteiger partial charge in [-0.15, -0.1) is 0 Å². The number of carboxylic acids is 1. The van der Waals surface area contributed by atoms with Gasteiger partial charge < -0.3 is 9.84 Å². The molecule has 19 heavy (non-hydrogen) atoms. The van der Waals surface area contributed by atoms with Gasteiger partial charge in [-0.05, 0) is 37.1 Å². The molecule has 0 saturated heterocycles. The molecular weight excluding hydrogens is 267 g/mol. The molecule has 0 aliphatic rings. The fourth-order valence-corrected chi connectivity index (χ4v) is 1.82. The molecule has 0 spiro atoms. The Labute approximate surface area is 118 Å². The highest BCUT2D eigenvalue weighted by Gasteiger charge is 2.10. The van der Waals surface area contributed by atoms with E-state index in [1.165, 1.54) is 12.1 Å². The Morgan fingerprint density at radius 1 is 1.21 bits per heavy atom. The maximum Gasteiger partial charge on any atom is 0.316 e. The van der Waals surface area contributed by atoms with Gasteiger partial charge in [0.1, 0.15) is 11.6 Å². The summed E-state index contributed by atoms with van der Waals surface area (Å²) < 4.78 is 18.1. The predicted octanol–water partition coefficient (Wildman–Crippen LogP) is 3.54. The molecular formula is C14H19FO3S. The molecule has 0 amide bonds. The average molecular weight is 286 g/mol. The van der Waals surface area contributed by atoms with E-state index >= 15 is 0 Å². The van der Waals surface area contributed by atoms with Crippen LogP contribution in [0.4, 0.5) is 4.39 Å². The molecule has 0 saturated carbocycles. The summed E-state index contributed by atoms with van der Waals surface area (Å²) in [5.74, 6) is -0.460. The van der Waals surface area contributed by atoms with Gasteiger partial charge in [-0.25, -0.2) is 4.39 Å². The highest BCUT2D eigenvalue weighted by atomic mass is 32.1. The van der Waals surface area contributed by atoms with Crippen LogP contribution >= 0.6 is 12.6 Å². The van der Waals surface area contributed by atoms with Gasteiger partial charge >= 0.3 is 5.97 Å². The topological polar surface area (TPSA) is 46.5 Å². The molecule has 1 aromatic carbocycles. The molecule has 1 rings (SSSR count). The van der Waals surface area contributed by atoms with Crippen LogP contribution in [-0.2, 0) is 4.79 Å². The number of rotatable bonds is 9. The van der Waals surface area contributed by atoms with Crippen molar-refractivity contribution in [3.05, 3.63) is 30.1 Å². The van der Waals surface area contributed by atoms with Crippen LogP contribution in [-0.4, -0.2) is 22.9 Å². The number of unbranched alkanes of at least 4 members (excludes halogenated alkanes) is 3. The number of hydrogen-bond acceptors (Lipinski definition) is 3. The normalized spacial score (nSPS) is 12.1. The minimum Gasteiger partial charge on any atom is -0.494 e. The molecule has 3 nitrogen and oxygen atoms in total. The molecule has 0 bridgehead atoms. The highest BCUT2D eigenvalue weighted by molar-refractivity contribution is 7.81. The summed E-state index contributed by atoms with van der Waals surface area (Å²) in [4.78, 5) is 10.5. The molecule has 5 heteroatoms. The number of hydrogen-bond donors (Lipinski definition) is 2. The SMILES string of the molecule is O=C(O)C(S)CCCCCCOc1ccc(F)cc1. The van der Waals surface area contributed by atoms with Crippen LogP contribution in [0.5, 0.6) is 5.75 Å². The molecule has 1 atom stereocenters. The van der Waals surface area contributed by atoms with Crippen LogP contribution in [0.25, 0.3) is 0 Å². The number of carboxylic acid groups (broad SMARTS) is 1. The van der Waals surface area contributed by atoms with Crippen molar-refractivity contribution in [3.8, 4) is 5.75 Å². The van der Waals surface area contributed by atoms with Gasteiger partial charge in [-0.2, -0.15) is 12.6 Å². The third-order valence-corrected chi connectivity index (χ3v) is 3.22. The molecule has 0 radical (unpaired) electrons. The Morgan fingerprint density at radius 2 is 1.84 bits per heavy atom. The third kappa shape index (κ3) is 7.06. The Balaban J connectivity index is 1.99. The molecule has 0 fully saturated rings. The van der Waals surface area contributed by atoms with E-state index in [0.717, 1.165) is 25.7 Å². The van der Waals surface area contributed by atoms with Crippen LogP contribution in [0.1, 0.15) is 32.1 Å². The zero-order valence-electron chi connectivity index (χ0n) is 10.7. The monoisotopic (exact) mass is 286 g/mol. The van der Waals surface area contributed by atoms with Crippen LogP contribution in [0.15, 0.2) is 24.3 Å². The maximum atomic E-state index is 12.6. The van der Waals surface area contributed by atoms with E-state index in [1.54, 1.807) is 12.1 Å². The van der Waals surface area contributed by atoms with Crippen molar-refractivity contribution < 1.29 is 19.0 Å². The number of ether oxygens (including phenoxy) is 1. The predicted molar refractivity (Wildman–Crippen MR) is 75.4 cm³/mol. The molecule has 106 valence electrons. The second-order valence-electron chi connectivity index (χ2n) is 4.36. The van der Waals surface area contributed by atoms with Gasteiger partial charge in [0.2, 0.25) is 0 Å². The lowest BCUT2D eigenvalue weighted by molar-refractivity contribution is -0.136. The first-order chi connectivity index (χ1) is 9.09. The quantitative estimate of drug-likeness (QED) is 0.539. The van der Waals surface area contributed by atoms with Gasteiger partial charge in [0.25, 0.3) is 0 Å². The zero-order valence-corrected chi connectivity index (χ0v) is 11.6. The van der Waals surface area contributed by atoms with E-state index in [9.17, 15) is 9.18 Å². The number of carbonyl (C=O) groups is 1. The van der Waals surface area contributed by atoms with Crippen molar-refractivity contribution in [2.45, 2.75) is 37.4 Å². The first-order valence-corrected chi connectivity index (χ1v) is 6.90. The summed E-state index contributed by atoms with van der Waals surface area (Å²) in [6.45, 7) is 0.592. The summed E-state index contributed by atoms with van der Waals surface area (Å²) in [7, 11) is 0. The van der Waals surface area contributed by atoms with Crippen molar-refractivity contribution >= 4 is 18.6 Å². The van der Waals surface area contributed by atoms with E-state index in [2.05, 4.69) is 12.6 Å². The fourth-order valence-electron chi connectivity index (χ4n) is 1.64. The largest absolute Gasteiger partial charge is 0.494 e. The van der Waals surface area contributed by atoms with E-state index in [1.807, 2.05) is 0 Å². The fraction of sp³-hybridized carbons (Fsp3) is 0.500. The van der Waals surface area contributed by atoms with Crippen molar-refractivity contribution in [1.82, 2.24) is 0 Å². The Kier molecular flexibility index (Phi) is 7.33. The summed E-state index contributed by atoms with van der Waals surface area (Å²) >= 11 is 3.97. The van der Waals surface area contributed by atoms with Crippen LogP contribution in [0.3, 0.4) is 0 Å². The number of halogens is 1. The van der Waals surface area contributed by atoms with Gasteiger partial charge in [-0.1, -0.05) is 19.3 Å². The summed E-state index contributed by atoms with van der Waals surface area (Å²) in [6, 6.07) is 5.95. The standard InChI is InChI=1S/C14H19FO3S/c15-11-6-8-12(9-7-11)18-10-4-2-1-3-5-13(19)14(16)17/h6-9,13,19H,1-5,10H2,(H,16,17). The summed E-state index contributed by atoms with van der Waals surface area (Å²) in [5, 5.41) is 8.09. The molecule has 0 aromatic heterocycles. The van der Waals surface area contributed by atoms with Crippen LogP contribution in [0, 0.1) is 5.82 Å². The molecule has 1 aromatic rings.